The van der Waals surface area contributed by atoms with Crippen molar-refractivity contribution in [2.75, 3.05) is 19.8 Å². The minimum Gasteiger partial charge on any atom is -0.467 e. The van der Waals surface area contributed by atoms with Crippen LogP contribution in [0, 0.1) is 0 Å². The van der Waals surface area contributed by atoms with Crippen LogP contribution in [0.2, 0.25) is 0 Å². The number of hydrogen-bond donors (Lipinski definition) is 1. The van der Waals surface area contributed by atoms with Gasteiger partial charge in [0.1, 0.15) is 11.9 Å². The Morgan fingerprint density at radius 3 is 3.05 bits per heavy atom. The quantitative estimate of drug-likeness (QED) is 0.914. The molecule has 0 aliphatic carbocycles. The van der Waals surface area contributed by atoms with E-state index in [2.05, 4.69) is 27.9 Å². The fraction of sp³-hybridized carbons (Fsp3) is 0.500. The molecule has 114 valence electrons. The van der Waals surface area contributed by atoms with Gasteiger partial charge in [0.25, 0.3) is 0 Å². The molecule has 0 aromatic carbocycles. The average molecular weight is 290 g/mol. The molecule has 21 heavy (non-hydrogen) atoms. The summed E-state index contributed by atoms with van der Waals surface area (Å²) in [5, 5.41) is 10.3. The molecule has 0 radical (unpaired) electrons. The lowest BCUT2D eigenvalue weighted by Crippen LogP contribution is -2.45. The minimum absolute atomic E-state index is 0.207. The van der Waals surface area contributed by atoms with Gasteiger partial charge in [0.2, 0.25) is 0 Å². The molecular formula is C16H22N2O3. The number of aromatic nitrogens is 1. The second-order valence-corrected chi connectivity index (χ2v) is 5.65. The molecule has 2 unspecified atom stereocenters. The van der Waals surface area contributed by atoms with Crippen molar-refractivity contribution in [3.8, 4) is 0 Å². The monoisotopic (exact) mass is 290 g/mol. The summed E-state index contributed by atoms with van der Waals surface area (Å²) in [6, 6.07) is 5.96. The summed E-state index contributed by atoms with van der Waals surface area (Å²) in [7, 11) is 2.03. The van der Waals surface area contributed by atoms with Crippen LogP contribution in [0.5, 0.6) is 0 Å². The normalized spacial score (nSPS) is 21.5. The molecule has 5 heteroatoms. The maximum absolute atomic E-state index is 10.3. The molecule has 1 saturated heterocycles. The van der Waals surface area contributed by atoms with Crippen LogP contribution >= 0.6 is 0 Å². The van der Waals surface area contributed by atoms with Crippen LogP contribution in [-0.4, -0.2) is 40.4 Å². The van der Waals surface area contributed by atoms with Gasteiger partial charge in [-0.05, 0) is 30.2 Å². The lowest BCUT2D eigenvalue weighted by molar-refractivity contribution is -0.0323. The Balaban J connectivity index is 1.63. The number of morpholine rings is 1. The first-order chi connectivity index (χ1) is 10.2. The van der Waals surface area contributed by atoms with Crippen LogP contribution in [0.3, 0.4) is 0 Å². The van der Waals surface area contributed by atoms with Crippen LogP contribution in [0.1, 0.15) is 23.8 Å². The number of rotatable bonds is 5. The molecule has 3 heterocycles. The third-order valence-corrected chi connectivity index (χ3v) is 4.00. The highest BCUT2D eigenvalue weighted by Crippen LogP contribution is 2.24. The minimum atomic E-state index is -0.579. The van der Waals surface area contributed by atoms with Crippen molar-refractivity contribution in [1.29, 1.82) is 0 Å². The molecule has 0 spiro atoms. The van der Waals surface area contributed by atoms with Crippen LogP contribution < -0.4 is 0 Å². The molecular weight excluding hydrogens is 268 g/mol. The summed E-state index contributed by atoms with van der Waals surface area (Å²) in [4.78, 5) is 2.38. The Bertz CT molecular complexity index is 550. The van der Waals surface area contributed by atoms with E-state index in [9.17, 15) is 5.11 Å². The second kappa shape index (κ2) is 6.47. The van der Waals surface area contributed by atoms with Crippen molar-refractivity contribution in [3.05, 3.63) is 48.2 Å². The van der Waals surface area contributed by atoms with E-state index >= 15 is 0 Å². The lowest BCUT2D eigenvalue weighted by Gasteiger charge is -2.36. The first kappa shape index (κ1) is 14.4. The summed E-state index contributed by atoms with van der Waals surface area (Å²) in [5.41, 5.74) is 1.29. The SMILES string of the molecule is Cn1ccc(CN2CCOCC2CC(O)c2ccco2)c1. The van der Waals surface area contributed by atoms with E-state index in [4.69, 9.17) is 9.15 Å². The third kappa shape index (κ3) is 3.56. The highest BCUT2D eigenvalue weighted by atomic mass is 16.5. The number of furan rings is 1. The van der Waals surface area contributed by atoms with Gasteiger partial charge >= 0.3 is 0 Å². The van der Waals surface area contributed by atoms with Crippen molar-refractivity contribution in [2.45, 2.75) is 25.1 Å². The van der Waals surface area contributed by atoms with E-state index in [-0.39, 0.29) is 6.04 Å². The van der Waals surface area contributed by atoms with Gasteiger partial charge in [0, 0.05) is 38.6 Å². The zero-order chi connectivity index (χ0) is 14.7. The summed E-state index contributed by atoms with van der Waals surface area (Å²) in [6.45, 7) is 3.19. The topological polar surface area (TPSA) is 50.8 Å². The van der Waals surface area contributed by atoms with Gasteiger partial charge in [-0.3, -0.25) is 4.90 Å². The van der Waals surface area contributed by atoms with Gasteiger partial charge in [-0.25, -0.2) is 0 Å². The predicted octanol–water partition coefficient (Wildman–Crippen LogP) is 1.94. The average Bonchev–Trinajstić information content (AvgIpc) is 3.13. The number of ether oxygens (including phenoxy) is 1. The van der Waals surface area contributed by atoms with Crippen LogP contribution in [-0.2, 0) is 18.3 Å². The van der Waals surface area contributed by atoms with Crippen LogP contribution in [0.4, 0.5) is 0 Å². The van der Waals surface area contributed by atoms with E-state index in [0.717, 1.165) is 19.7 Å². The van der Waals surface area contributed by atoms with Crippen molar-refractivity contribution >= 4 is 0 Å². The largest absolute Gasteiger partial charge is 0.467 e. The van der Waals surface area contributed by atoms with Gasteiger partial charge in [0.15, 0.2) is 0 Å². The molecule has 0 bridgehead atoms. The van der Waals surface area contributed by atoms with Crippen molar-refractivity contribution in [1.82, 2.24) is 9.47 Å². The molecule has 1 aliphatic heterocycles. The Morgan fingerprint density at radius 2 is 2.33 bits per heavy atom. The van der Waals surface area contributed by atoms with E-state index in [1.54, 1.807) is 12.3 Å². The molecule has 3 rings (SSSR count). The first-order valence-electron chi connectivity index (χ1n) is 7.36. The molecule has 1 aliphatic rings. The van der Waals surface area contributed by atoms with Gasteiger partial charge < -0.3 is 18.8 Å². The number of nitrogens with zero attached hydrogens (tertiary/aromatic N) is 2. The number of aliphatic hydroxyl groups excluding tert-OH is 1. The smallest absolute Gasteiger partial charge is 0.132 e. The van der Waals surface area contributed by atoms with Gasteiger partial charge in [-0.2, -0.15) is 0 Å². The molecule has 1 N–H and O–H groups in total. The predicted molar refractivity (Wildman–Crippen MR) is 78.7 cm³/mol. The summed E-state index contributed by atoms with van der Waals surface area (Å²) in [6.07, 6.45) is 5.83. The lowest BCUT2D eigenvalue weighted by atomic mass is 10.0. The summed E-state index contributed by atoms with van der Waals surface area (Å²) < 4.78 is 12.9. The molecule has 5 nitrogen and oxygen atoms in total. The second-order valence-electron chi connectivity index (χ2n) is 5.65. The molecule has 0 saturated carbocycles. The van der Waals surface area contributed by atoms with E-state index in [1.807, 2.05) is 13.1 Å². The van der Waals surface area contributed by atoms with Gasteiger partial charge in [-0.1, -0.05) is 0 Å². The molecule has 2 aromatic heterocycles. The molecule has 2 atom stereocenters. The Labute approximate surface area is 124 Å². The van der Waals surface area contributed by atoms with Crippen LogP contribution in [0.25, 0.3) is 0 Å². The van der Waals surface area contributed by atoms with Crippen molar-refractivity contribution in [2.24, 2.45) is 7.05 Å². The third-order valence-electron chi connectivity index (χ3n) is 4.00. The van der Waals surface area contributed by atoms with E-state index in [0.29, 0.717) is 18.8 Å². The van der Waals surface area contributed by atoms with Crippen molar-refractivity contribution in [3.63, 3.8) is 0 Å². The molecule has 0 amide bonds. The molecule has 2 aromatic rings. The fourth-order valence-corrected chi connectivity index (χ4v) is 2.86. The van der Waals surface area contributed by atoms with Gasteiger partial charge in [0.05, 0.1) is 19.5 Å². The number of aryl methyl sites for hydroxylation is 1. The highest BCUT2D eigenvalue weighted by Gasteiger charge is 2.27. The fourth-order valence-electron chi connectivity index (χ4n) is 2.86. The Hall–Kier alpha value is -1.56. The Kier molecular flexibility index (Phi) is 4.43. The maximum Gasteiger partial charge on any atom is 0.132 e. The number of hydrogen-bond acceptors (Lipinski definition) is 4. The van der Waals surface area contributed by atoms with Crippen LogP contribution in [0.15, 0.2) is 41.3 Å². The maximum atomic E-state index is 10.3. The van der Waals surface area contributed by atoms with Crippen molar-refractivity contribution < 1.29 is 14.3 Å². The molecule has 1 fully saturated rings. The van der Waals surface area contributed by atoms with E-state index in [1.165, 1.54) is 5.56 Å². The summed E-state index contributed by atoms with van der Waals surface area (Å²) >= 11 is 0. The highest BCUT2D eigenvalue weighted by molar-refractivity contribution is 5.10. The van der Waals surface area contributed by atoms with Gasteiger partial charge in [-0.15, -0.1) is 0 Å². The zero-order valence-corrected chi connectivity index (χ0v) is 12.3. The summed E-state index contributed by atoms with van der Waals surface area (Å²) in [5.74, 6) is 0.625. The number of aliphatic hydroxyl groups is 1. The van der Waals surface area contributed by atoms with E-state index < -0.39 is 6.10 Å². The Morgan fingerprint density at radius 1 is 1.43 bits per heavy atom. The standard InChI is InChI=1S/C16H22N2O3/c1-17-5-4-13(10-17)11-18-6-8-20-12-14(18)9-15(19)16-3-2-7-21-16/h2-5,7,10,14-15,19H,6,8-9,11-12H2,1H3. The zero-order valence-electron chi connectivity index (χ0n) is 12.3. The first-order valence-corrected chi connectivity index (χ1v) is 7.36.